The summed E-state index contributed by atoms with van der Waals surface area (Å²) in [6, 6.07) is 12.2. The second kappa shape index (κ2) is 7.82. The average Bonchev–Trinajstić information content (AvgIpc) is 3.06. The number of aromatic nitrogens is 2. The van der Waals surface area contributed by atoms with E-state index in [1.807, 2.05) is 24.3 Å². The molecule has 3 rings (SSSR count). The van der Waals surface area contributed by atoms with E-state index in [-0.39, 0.29) is 17.5 Å². The molecular formula is C20H20N4O3. The van der Waals surface area contributed by atoms with Gasteiger partial charge in [-0.25, -0.2) is 0 Å². The number of benzene rings is 1. The Morgan fingerprint density at radius 3 is 2.52 bits per heavy atom. The second-order valence-corrected chi connectivity index (χ2v) is 6.40. The molecule has 0 fully saturated rings. The predicted molar refractivity (Wildman–Crippen MR) is 102 cm³/mol. The van der Waals surface area contributed by atoms with Gasteiger partial charge in [-0.15, -0.1) is 0 Å². The van der Waals surface area contributed by atoms with E-state index in [0.717, 1.165) is 11.3 Å². The van der Waals surface area contributed by atoms with Crippen molar-refractivity contribution >= 4 is 23.3 Å². The number of nitrogens with zero attached hydrogens (tertiary/aromatic N) is 2. The molecule has 3 aromatic rings. The van der Waals surface area contributed by atoms with Crippen molar-refractivity contribution in [2.24, 2.45) is 0 Å². The van der Waals surface area contributed by atoms with E-state index in [9.17, 15) is 9.59 Å². The van der Waals surface area contributed by atoms with Crippen molar-refractivity contribution in [2.75, 3.05) is 10.6 Å². The van der Waals surface area contributed by atoms with E-state index in [0.29, 0.717) is 17.1 Å². The van der Waals surface area contributed by atoms with E-state index in [4.69, 9.17) is 4.52 Å². The summed E-state index contributed by atoms with van der Waals surface area (Å²) in [4.78, 5) is 29.0. The monoisotopic (exact) mass is 364 g/mol. The van der Waals surface area contributed by atoms with Crippen LogP contribution in [0.4, 0.5) is 11.5 Å². The Labute approximate surface area is 156 Å². The zero-order valence-corrected chi connectivity index (χ0v) is 15.3. The SMILES string of the molecule is Cc1cc(NC(=O)c2ccnc(C(=O)Nc3ccccc3C(C)C)c2)no1. The Morgan fingerprint density at radius 2 is 1.81 bits per heavy atom. The lowest BCUT2D eigenvalue weighted by Gasteiger charge is -2.13. The third-order valence-electron chi connectivity index (χ3n) is 3.96. The molecule has 0 saturated carbocycles. The Bertz CT molecular complexity index is 979. The van der Waals surface area contributed by atoms with Gasteiger partial charge in [-0.1, -0.05) is 37.2 Å². The largest absolute Gasteiger partial charge is 0.360 e. The maximum atomic E-state index is 12.6. The molecule has 7 nitrogen and oxygen atoms in total. The van der Waals surface area contributed by atoms with Crippen LogP contribution in [0.1, 0.15) is 51.9 Å². The average molecular weight is 364 g/mol. The van der Waals surface area contributed by atoms with E-state index < -0.39 is 5.91 Å². The summed E-state index contributed by atoms with van der Waals surface area (Å²) in [5.74, 6) is 0.380. The van der Waals surface area contributed by atoms with Gasteiger partial charge in [-0.2, -0.15) is 0 Å². The van der Waals surface area contributed by atoms with Crippen LogP contribution in [0.3, 0.4) is 0 Å². The van der Waals surface area contributed by atoms with Gasteiger partial charge in [-0.05, 0) is 36.6 Å². The third kappa shape index (κ3) is 4.38. The molecule has 2 N–H and O–H groups in total. The van der Waals surface area contributed by atoms with Gasteiger partial charge in [0, 0.05) is 23.5 Å². The van der Waals surface area contributed by atoms with Crippen molar-refractivity contribution in [2.45, 2.75) is 26.7 Å². The first-order chi connectivity index (χ1) is 12.9. The lowest BCUT2D eigenvalue weighted by molar-refractivity contribution is 0.102. The predicted octanol–water partition coefficient (Wildman–Crippen LogP) is 4.01. The zero-order valence-electron chi connectivity index (χ0n) is 15.3. The number of carbonyl (C=O) groups is 2. The number of carbonyl (C=O) groups excluding carboxylic acids is 2. The van der Waals surface area contributed by atoms with Crippen LogP contribution in [0.15, 0.2) is 53.2 Å². The first kappa shape index (κ1) is 18.3. The molecule has 0 atom stereocenters. The summed E-state index contributed by atoms with van der Waals surface area (Å²) in [6.45, 7) is 5.84. The highest BCUT2D eigenvalue weighted by Crippen LogP contribution is 2.24. The topological polar surface area (TPSA) is 97.1 Å². The molecule has 0 unspecified atom stereocenters. The summed E-state index contributed by atoms with van der Waals surface area (Å²) in [7, 11) is 0. The van der Waals surface area contributed by atoms with Gasteiger partial charge in [0.15, 0.2) is 5.82 Å². The van der Waals surface area contributed by atoms with E-state index in [1.165, 1.54) is 18.3 Å². The summed E-state index contributed by atoms with van der Waals surface area (Å²) < 4.78 is 4.92. The highest BCUT2D eigenvalue weighted by molar-refractivity contribution is 6.07. The molecule has 0 aliphatic carbocycles. The van der Waals surface area contributed by atoms with Crippen molar-refractivity contribution < 1.29 is 14.1 Å². The first-order valence-electron chi connectivity index (χ1n) is 8.55. The van der Waals surface area contributed by atoms with Gasteiger partial charge in [-0.3, -0.25) is 14.6 Å². The van der Waals surface area contributed by atoms with Crippen LogP contribution in [0.2, 0.25) is 0 Å². The van der Waals surface area contributed by atoms with Crippen molar-refractivity contribution in [3.05, 3.63) is 71.2 Å². The number of aryl methyl sites for hydroxylation is 1. The van der Waals surface area contributed by atoms with Gasteiger partial charge in [0.2, 0.25) is 0 Å². The molecular weight excluding hydrogens is 344 g/mol. The van der Waals surface area contributed by atoms with Crippen LogP contribution >= 0.6 is 0 Å². The Hall–Kier alpha value is -3.48. The minimum absolute atomic E-state index is 0.151. The number of amides is 2. The van der Waals surface area contributed by atoms with Crippen LogP contribution in [0, 0.1) is 6.92 Å². The molecule has 2 heterocycles. The minimum Gasteiger partial charge on any atom is -0.360 e. The van der Waals surface area contributed by atoms with Gasteiger partial charge in [0.25, 0.3) is 11.8 Å². The summed E-state index contributed by atoms with van der Waals surface area (Å²) >= 11 is 0. The van der Waals surface area contributed by atoms with Gasteiger partial charge in [0.1, 0.15) is 11.5 Å². The maximum Gasteiger partial charge on any atom is 0.274 e. The molecule has 0 saturated heterocycles. The van der Waals surface area contributed by atoms with Crippen LogP contribution < -0.4 is 10.6 Å². The molecule has 138 valence electrons. The quantitative estimate of drug-likeness (QED) is 0.713. The fourth-order valence-corrected chi connectivity index (χ4v) is 2.61. The van der Waals surface area contributed by atoms with Crippen molar-refractivity contribution in [3.63, 3.8) is 0 Å². The molecule has 2 amide bonds. The normalized spacial score (nSPS) is 10.7. The molecule has 2 aromatic heterocycles. The molecule has 1 aromatic carbocycles. The van der Waals surface area contributed by atoms with E-state index in [1.54, 1.807) is 13.0 Å². The lowest BCUT2D eigenvalue weighted by atomic mass is 10.0. The van der Waals surface area contributed by atoms with E-state index >= 15 is 0 Å². The second-order valence-electron chi connectivity index (χ2n) is 6.40. The van der Waals surface area contributed by atoms with Crippen molar-refractivity contribution in [1.82, 2.24) is 10.1 Å². The summed E-state index contributed by atoms with van der Waals surface area (Å²) in [6.07, 6.45) is 1.42. The smallest absolute Gasteiger partial charge is 0.274 e. The standard InChI is InChI=1S/C20H20N4O3/c1-12(2)15-6-4-5-7-16(15)22-20(26)17-11-14(8-9-21-17)19(25)23-18-10-13(3)27-24-18/h4-12H,1-3H3,(H,22,26)(H,23,24,25). The van der Waals surface area contributed by atoms with Crippen LogP contribution in [0.25, 0.3) is 0 Å². The highest BCUT2D eigenvalue weighted by Gasteiger charge is 2.15. The zero-order chi connectivity index (χ0) is 19.4. The van der Waals surface area contributed by atoms with Crippen molar-refractivity contribution in [1.29, 1.82) is 0 Å². The molecule has 0 spiro atoms. The number of para-hydroxylation sites is 1. The van der Waals surface area contributed by atoms with Crippen LogP contribution in [-0.2, 0) is 0 Å². The number of rotatable bonds is 5. The Kier molecular flexibility index (Phi) is 5.30. The van der Waals surface area contributed by atoms with E-state index in [2.05, 4.69) is 34.6 Å². The number of nitrogens with one attached hydrogen (secondary N) is 2. The fourth-order valence-electron chi connectivity index (χ4n) is 2.61. The molecule has 0 aliphatic rings. The fraction of sp³-hybridized carbons (Fsp3) is 0.200. The summed E-state index contributed by atoms with van der Waals surface area (Å²) in [5.41, 5.74) is 2.21. The number of hydrogen-bond acceptors (Lipinski definition) is 5. The maximum absolute atomic E-state index is 12.6. The van der Waals surface area contributed by atoms with Gasteiger partial charge < -0.3 is 15.2 Å². The molecule has 7 heteroatoms. The Balaban J connectivity index is 1.77. The first-order valence-corrected chi connectivity index (χ1v) is 8.55. The van der Waals surface area contributed by atoms with Gasteiger partial charge >= 0.3 is 0 Å². The molecule has 0 bridgehead atoms. The molecule has 0 radical (unpaired) electrons. The highest BCUT2D eigenvalue weighted by atomic mass is 16.5. The molecule has 0 aliphatic heterocycles. The number of hydrogen-bond donors (Lipinski definition) is 2. The van der Waals surface area contributed by atoms with Crippen LogP contribution in [0.5, 0.6) is 0 Å². The van der Waals surface area contributed by atoms with Crippen LogP contribution in [-0.4, -0.2) is 22.0 Å². The number of pyridine rings is 1. The minimum atomic E-state index is -0.401. The Morgan fingerprint density at radius 1 is 1.04 bits per heavy atom. The lowest BCUT2D eigenvalue weighted by Crippen LogP contribution is -2.17. The summed E-state index contributed by atoms with van der Waals surface area (Å²) in [5, 5.41) is 9.20. The van der Waals surface area contributed by atoms with Gasteiger partial charge in [0.05, 0.1) is 0 Å². The van der Waals surface area contributed by atoms with Crippen molar-refractivity contribution in [3.8, 4) is 0 Å². The third-order valence-corrected chi connectivity index (χ3v) is 3.96. The number of anilines is 2. The molecule has 27 heavy (non-hydrogen) atoms.